The van der Waals surface area contributed by atoms with Gasteiger partial charge in [-0.3, -0.25) is 0 Å². The SMILES string of the molecule is CCOc1cc2c(cc1OCC)[C@H](CC#N)[NH2+]CC2. The van der Waals surface area contributed by atoms with Gasteiger partial charge in [-0.2, -0.15) is 5.26 Å². The van der Waals surface area contributed by atoms with E-state index in [1.807, 2.05) is 13.8 Å². The van der Waals surface area contributed by atoms with Crippen LogP contribution >= 0.6 is 0 Å². The molecule has 1 aliphatic rings. The fourth-order valence-corrected chi connectivity index (χ4v) is 2.57. The Hall–Kier alpha value is -1.73. The lowest BCUT2D eigenvalue weighted by Crippen LogP contribution is -2.87. The van der Waals surface area contributed by atoms with Crippen molar-refractivity contribution < 1.29 is 14.8 Å². The first-order valence-electron chi connectivity index (χ1n) is 6.92. The molecule has 0 spiro atoms. The lowest BCUT2D eigenvalue weighted by molar-refractivity contribution is -0.698. The number of hydrogen-bond donors (Lipinski definition) is 1. The number of benzene rings is 1. The highest BCUT2D eigenvalue weighted by molar-refractivity contribution is 5.49. The van der Waals surface area contributed by atoms with Gasteiger partial charge in [0, 0.05) is 12.0 Å². The van der Waals surface area contributed by atoms with Gasteiger partial charge in [0.1, 0.15) is 6.04 Å². The van der Waals surface area contributed by atoms with Gasteiger partial charge in [0.05, 0.1) is 32.2 Å². The summed E-state index contributed by atoms with van der Waals surface area (Å²) in [5.41, 5.74) is 2.51. The summed E-state index contributed by atoms with van der Waals surface area (Å²) in [6, 6.07) is 6.63. The molecule has 0 bridgehead atoms. The quantitative estimate of drug-likeness (QED) is 0.875. The number of fused-ring (bicyclic) bond motifs is 1. The highest BCUT2D eigenvalue weighted by Gasteiger charge is 2.25. The van der Waals surface area contributed by atoms with E-state index in [1.54, 1.807) is 0 Å². The summed E-state index contributed by atoms with van der Waals surface area (Å²) in [6.45, 7) is 6.21. The average molecular weight is 261 g/mol. The fraction of sp³-hybridized carbons (Fsp3) is 0.533. The largest absolute Gasteiger partial charge is 0.490 e. The lowest BCUT2D eigenvalue weighted by atomic mass is 9.92. The maximum atomic E-state index is 8.93. The molecule has 1 aromatic rings. The summed E-state index contributed by atoms with van der Waals surface area (Å²) in [6.07, 6.45) is 1.55. The van der Waals surface area contributed by atoms with Crippen LogP contribution in [0.5, 0.6) is 11.5 Å². The Labute approximate surface area is 114 Å². The Morgan fingerprint density at radius 1 is 1.26 bits per heavy atom. The van der Waals surface area contributed by atoms with Crippen molar-refractivity contribution in [3.8, 4) is 17.6 Å². The van der Waals surface area contributed by atoms with E-state index in [-0.39, 0.29) is 6.04 Å². The maximum absolute atomic E-state index is 8.93. The van der Waals surface area contributed by atoms with Crippen molar-refractivity contribution in [3.63, 3.8) is 0 Å². The Balaban J connectivity index is 2.39. The van der Waals surface area contributed by atoms with E-state index >= 15 is 0 Å². The van der Waals surface area contributed by atoms with Gasteiger partial charge in [-0.1, -0.05) is 0 Å². The van der Waals surface area contributed by atoms with Crippen molar-refractivity contribution in [2.75, 3.05) is 19.8 Å². The van der Waals surface area contributed by atoms with Crippen LogP contribution in [0, 0.1) is 11.3 Å². The summed E-state index contributed by atoms with van der Waals surface area (Å²) >= 11 is 0. The third-order valence-electron chi connectivity index (χ3n) is 3.38. The van der Waals surface area contributed by atoms with Crippen molar-refractivity contribution in [2.45, 2.75) is 32.7 Å². The Morgan fingerprint density at radius 3 is 2.58 bits per heavy atom. The summed E-state index contributed by atoms with van der Waals surface area (Å²) in [7, 11) is 0. The summed E-state index contributed by atoms with van der Waals surface area (Å²) < 4.78 is 11.3. The topological polar surface area (TPSA) is 58.9 Å². The number of nitriles is 1. The maximum Gasteiger partial charge on any atom is 0.161 e. The molecule has 1 heterocycles. The molecule has 0 fully saturated rings. The van der Waals surface area contributed by atoms with Crippen LogP contribution in [-0.4, -0.2) is 19.8 Å². The molecule has 4 heteroatoms. The third kappa shape index (κ3) is 2.99. The molecular formula is C15H21N2O2+. The molecular weight excluding hydrogens is 240 g/mol. The van der Waals surface area contributed by atoms with Crippen LogP contribution in [0.1, 0.15) is 37.4 Å². The van der Waals surface area contributed by atoms with Gasteiger partial charge < -0.3 is 14.8 Å². The first kappa shape index (κ1) is 13.7. The minimum atomic E-state index is 0.226. The van der Waals surface area contributed by atoms with Gasteiger partial charge in [-0.25, -0.2) is 0 Å². The zero-order chi connectivity index (χ0) is 13.7. The Morgan fingerprint density at radius 2 is 1.95 bits per heavy atom. The standard InChI is InChI=1S/C15H20N2O2/c1-3-18-14-9-11-6-8-17-13(5-7-16)12(11)10-15(14)19-4-2/h9-10,13,17H,3-6,8H2,1-2H3/p+1/t13-/m0/s1. The molecule has 0 saturated carbocycles. The van der Waals surface area contributed by atoms with Crippen LogP contribution in [0.4, 0.5) is 0 Å². The summed E-state index contributed by atoms with van der Waals surface area (Å²) in [5, 5.41) is 11.2. The van der Waals surface area contributed by atoms with Crippen LogP contribution in [0.2, 0.25) is 0 Å². The molecule has 1 atom stereocenters. The van der Waals surface area contributed by atoms with Crippen LogP contribution in [-0.2, 0) is 6.42 Å². The molecule has 0 saturated heterocycles. The van der Waals surface area contributed by atoms with Crippen LogP contribution in [0.15, 0.2) is 12.1 Å². The first-order valence-corrected chi connectivity index (χ1v) is 6.92. The second-order valence-electron chi connectivity index (χ2n) is 4.61. The van der Waals surface area contributed by atoms with Gasteiger partial charge in [0.25, 0.3) is 0 Å². The van der Waals surface area contributed by atoms with E-state index in [0.29, 0.717) is 19.6 Å². The highest BCUT2D eigenvalue weighted by Crippen LogP contribution is 2.34. The minimum absolute atomic E-state index is 0.226. The number of rotatable bonds is 5. The van der Waals surface area contributed by atoms with E-state index in [1.165, 1.54) is 11.1 Å². The summed E-state index contributed by atoms with van der Waals surface area (Å²) in [5.74, 6) is 1.61. The Kier molecular flexibility index (Phi) is 4.64. The van der Waals surface area contributed by atoms with Crippen molar-refractivity contribution in [2.24, 2.45) is 0 Å². The average Bonchev–Trinajstić information content (AvgIpc) is 2.41. The van der Waals surface area contributed by atoms with Gasteiger partial charge in [-0.15, -0.1) is 0 Å². The Bertz CT molecular complexity index is 480. The van der Waals surface area contributed by atoms with Gasteiger partial charge in [-0.05, 0) is 31.5 Å². The number of nitrogens with zero attached hydrogens (tertiary/aromatic N) is 1. The van der Waals surface area contributed by atoms with E-state index in [0.717, 1.165) is 24.5 Å². The van der Waals surface area contributed by atoms with E-state index in [2.05, 4.69) is 23.5 Å². The lowest BCUT2D eigenvalue weighted by Gasteiger charge is -2.24. The van der Waals surface area contributed by atoms with E-state index in [4.69, 9.17) is 14.7 Å². The zero-order valence-corrected chi connectivity index (χ0v) is 11.6. The number of quaternary nitrogens is 1. The number of hydrogen-bond acceptors (Lipinski definition) is 3. The fourth-order valence-electron chi connectivity index (χ4n) is 2.57. The molecule has 0 amide bonds. The van der Waals surface area contributed by atoms with Crippen LogP contribution in [0.25, 0.3) is 0 Å². The molecule has 2 rings (SSSR count). The normalized spacial score (nSPS) is 17.4. The summed E-state index contributed by atoms with van der Waals surface area (Å²) in [4.78, 5) is 0. The van der Waals surface area contributed by atoms with Crippen molar-refractivity contribution >= 4 is 0 Å². The van der Waals surface area contributed by atoms with Crippen molar-refractivity contribution in [3.05, 3.63) is 23.3 Å². The second-order valence-corrected chi connectivity index (χ2v) is 4.61. The highest BCUT2D eigenvalue weighted by atomic mass is 16.5. The smallest absolute Gasteiger partial charge is 0.161 e. The van der Waals surface area contributed by atoms with Gasteiger partial charge >= 0.3 is 0 Å². The van der Waals surface area contributed by atoms with E-state index in [9.17, 15) is 0 Å². The molecule has 2 N–H and O–H groups in total. The second kappa shape index (κ2) is 6.44. The zero-order valence-electron chi connectivity index (χ0n) is 11.6. The predicted molar refractivity (Wildman–Crippen MR) is 72.2 cm³/mol. The molecule has 0 aromatic heterocycles. The van der Waals surface area contributed by atoms with Crippen molar-refractivity contribution in [1.82, 2.24) is 0 Å². The minimum Gasteiger partial charge on any atom is -0.490 e. The first-order chi connectivity index (χ1) is 9.30. The molecule has 4 nitrogen and oxygen atoms in total. The van der Waals surface area contributed by atoms with Crippen molar-refractivity contribution in [1.29, 1.82) is 5.26 Å². The molecule has 0 radical (unpaired) electrons. The predicted octanol–water partition coefficient (Wildman–Crippen LogP) is 1.56. The molecule has 1 aliphatic heterocycles. The molecule has 102 valence electrons. The third-order valence-corrected chi connectivity index (χ3v) is 3.38. The van der Waals surface area contributed by atoms with Gasteiger partial charge in [0.2, 0.25) is 0 Å². The monoisotopic (exact) mass is 261 g/mol. The van der Waals surface area contributed by atoms with E-state index < -0.39 is 0 Å². The van der Waals surface area contributed by atoms with Gasteiger partial charge in [0.15, 0.2) is 11.5 Å². The number of nitrogens with two attached hydrogens (primary N) is 1. The molecule has 0 aliphatic carbocycles. The van der Waals surface area contributed by atoms with Crippen LogP contribution in [0.3, 0.4) is 0 Å². The molecule has 19 heavy (non-hydrogen) atoms. The molecule has 1 aromatic carbocycles. The number of ether oxygens (including phenoxy) is 2. The molecule has 0 unspecified atom stereocenters. The van der Waals surface area contributed by atoms with Crippen LogP contribution < -0.4 is 14.8 Å².